The lowest BCUT2D eigenvalue weighted by molar-refractivity contribution is 0.876. The Kier molecular flexibility index (Phi) is 0.967. The molecule has 0 aliphatic rings. The number of fused-ring (bicyclic) bond motifs is 1. The maximum Gasteiger partial charge on any atom is 0.253 e. The maximum atomic E-state index is 7.63. The highest BCUT2D eigenvalue weighted by Crippen LogP contribution is 2.08. The van der Waals surface area contributed by atoms with E-state index in [0.29, 0.717) is 5.16 Å². The van der Waals surface area contributed by atoms with Gasteiger partial charge in [-0.15, -0.1) is 5.10 Å². The monoisotopic (exact) mass is 184 g/mol. The number of aromatic nitrogens is 4. The lowest BCUT2D eigenvalue weighted by Gasteiger charge is -1.89. The van der Waals surface area contributed by atoms with Crippen molar-refractivity contribution in [3.8, 4) is 0 Å². The van der Waals surface area contributed by atoms with Gasteiger partial charge in [0, 0.05) is 16.0 Å². The maximum absolute atomic E-state index is 7.63. The first-order chi connectivity index (χ1) is 7.41. The van der Waals surface area contributed by atoms with Gasteiger partial charge in [-0.1, -0.05) is 11.8 Å². The van der Waals surface area contributed by atoms with E-state index in [0.717, 1.165) is 0 Å². The van der Waals surface area contributed by atoms with Gasteiger partial charge >= 0.3 is 0 Å². The molecule has 0 saturated heterocycles. The number of aryl methyl sites for hydroxylation is 1. The minimum atomic E-state index is -2.33. The summed E-state index contributed by atoms with van der Waals surface area (Å²) in [5.74, 6) is 0.142. The first-order valence-electron chi connectivity index (χ1n) is 5.20. The summed E-state index contributed by atoms with van der Waals surface area (Å²) in [5, 5.41) is 4.45. The van der Waals surface area contributed by atoms with Crippen LogP contribution in [0.2, 0.25) is 0 Å². The molecule has 4 nitrogen and oxygen atoms in total. The van der Waals surface area contributed by atoms with Gasteiger partial charge < -0.3 is 0 Å². The first kappa shape index (κ1) is 4.23. The summed E-state index contributed by atoms with van der Waals surface area (Å²) in [6.07, 6.45) is 1.76. The van der Waals surface area contributed by atoms with Crippen LogP contribution in [-0.2, 0) is 0 Å². The fraction of sp³-hybridized carbons (Fsp3) is 0.286. The molecule has 62 valence electrons. The van der Waals surface area contributed by atoms with Gasteiger partial charge in [0.2, 0.25) is 5.16 Å². The van der Waals surface area contributed by atoms with Crippen molar-refractivity contribution >= 4 is 17.5 Å². The molecule has 0 aliphatic carbocycles. The molecular formula is C7H8N4S. The van der Waals surface area contributed by atoms with Crippen LogP contribution in [0.5, 0.6) is 0 Å². The number of hydrogen-bond acceptors (Lipinski definition) is 4. The van der Waals surface area contributed by atoms with Crippen molar-refractivity contribution in [2.75, 3.05) is 6.26 Å². The SMILES string of the molecule is [2H]c1cc(C([2H])([2H])[2H])nc2nc(SC)nn12. The summed E-state index contributed by atoms with van der Waals surface area (Å²) in [5.41, 5.74) is -0.134. The Morgan fingerprint density at radius 1 is 1.67 bits per heavy atom. The summed E-state index contributed by atoms with van der Waals surface area (Å²) >= 11 is 1.31. The van der Waals surface area contributed by atoms with Crippen molar-refractivity contribution in [1.82, 2.24) is 19.6 Å². The molecule has 0 N–H and O–H groups in total. The third-order valence-corrected chi connectivity index (χ3v) is 1.84. The van der Waals surface area contributed by atoms with Crippen LogP contribution >= 0.6 is 11.8 Å². The molecule has 0 fully saturated rings. The molecule has 2 aromatic rings. The lowest BCUT2D eigenvalue weighted by Crippen LogP contribution is -1.90. The highest BCUT2D eigenvalue weighted by molar-refractivity contribution is 7.98. The van der Waals surface area contributed by atoms with Gasteiger partial charge in [0.15, 0.2) is 0 Å². The Labute approximate surface area is 79.6 Å². The van der Waals surface area contributed by atoms with Gasteiger partial charge in [-0.2, -0.15) is 4.98 Å². The van der Waals surface area contributed by atoms with E-state index in [4.69, 9.17) is 5.48 Å². The Balaban J connectivity index is 2.67. The van der Waals surface area contributed by atoms with E-state index >= 15 is 0 Å². The van der Waals surface area contributed by atoms with E-state index in [-0.39, 0.29) is 17.6 Å². The van der Waals surface area contributed by atoms with Gasteiger partial charge in [-0.25, -0.2) is 9.50 Å². The van der Waals surface area contributed by atoms with Crippen LogP contribution in [0.25, 0.3) is 5.78 Å². The normalized spacial score (nSPS) is 16.8. The van der Waals surface area contributed by atoms with Crippen LogP contribution in [0.15, 0.2) is 17.4 Å². The fourth-order valence-corrected chi connectivity index (χ4v) is 1.13. The average Bonchev–Trinajstić information content (AvgIpc) is 2.59. The van der Waals surface area contributed by atoms with E-state index in [1.165, 1.54) is 22.3 Å². The van der Waals surface area contributed by atoms with Crippen LogP contribution < -0.4 is 0 Å². The van der Waals surface area contributed by atoms with Crippen LogP contribution in [0.4, 0.5) is 0 Å². The molecule has 2 heterocycles. The molecule has 0 saturated carbocycles. The molecular weight excluding hydrogens is 172 g/mol. The molecule has 12 heavy (non-hydrogen) atoms. The number of hydrogen-bond donors (Lipinski definition) is 0. The summed E-state index contributed by atoms with van der Waals surface area (Å²) in [4.78, 5) is 7.87. The summed E-state index contributed by atoms with van der Waals surface area (Å²) in [6, 6.07) is 1.18. The zero-order valence-corrected chi connectivity index (χ0v) is 7.09. The quantitative estimate of drug-likeness (QED) is 0.624. The van der Waals surface area contributed by atoms with Crippen LogP contribution in [0, 0.1) is 6.85 Å². The van der Waals surface area contributed by atoms with Crippen molar-refractivity contribution in [2.45, 2.75) is 12.0 Å². The summed E-state index contributed by atoms with van der Waals surface area (Å²) in [6.45, 7) is -2.33. The minimum absolute atomic E-state index is 0.0380. The van der Waals surface area contributed by atoms with E-state index < -0.39 is 6.85 Å². The fourth-order valence-electron chi connectivity index (χ4n) is 0.793. The number of nitrogens with zero attached hydrogens (tertiary/aromatic N) is 4. The third kappa shape index (κ3) is 1.16. The zero-order chi connectivity index (χ0) is 11.9. The molecule has 0 atom stereocenters. The van der Waals surface area contributed by atoms with Crippen molar-refractivity contribution in [2.24, 2.45) is 0 Å². The van der Waals surface area contributed by atoms with E-state index in [9.17, 15) is 0 Å². The summed E-state index contributed by atoms with van der Waals surface area (Å²) in [7, 11) is 0. The lowest BCUT2D eigenvalue weighted by atomic mass is 10.5. The molecule has 0 bridgehead atoms. The van der Waals surface area contributed by atoms with Gasteiger partial charge in [-0.05, 0) is 19.2 Å². The molecule has 2 aromatic heterocycles. The minimum Gasteiger partial charge on any atom is -0.216 e. The Bertz CT molecular complexity index is 535. The third-order valence-electron chi connectivity index (χ3n) is 1.30. The van der Waals surface area contributed by atoms with Crippen molar-refractivity contribution in [1.29, 1.82) is 0 Å². The standard InChI is InChI=1S/C7H8N4S/c1-5-3-4-11-6(8-5)9-7(10-11)12-2/h3-4H,1-2H3/i1D3,4D. The van der Waals surface area contributed by atoms with Crippen LogP contribution in [-0.4, -0.2) is 25.8 Å². The zero-order valence-electron chi connectivity index (χ0n) is 10.3. The van der Waals surface area contributed by atoms with Crippen molar-refractivity contribution in [3.63, 3.8) is 0 Å². The summed E-state index contributed by atoms with van der Waals surface area (Å²) < 4.78 is 30.5. The molecule has 0 unspecified atom stereocenters. The molecule has 5 heteroatoms. The van der Waals surface area contributed by atoms with Gasteiger partial charge in [0.05, 0.1) is 1.37 Å². The number of rotatable bonds is 1. The van der Waals surface area contributed by atoms with E-state index in [1.54, 1.807) is 6.26 Å². The smallest absolute Gasteiger partial charge is 0.216 e. The highest BCUT2D eigenvalue weighted by atomic mass is 32.2. The Morgan fingerprint density at radius 3 is 3.33 bits per heavy atom. The molecule has 0 radical (unpaired) electrons. The molecule has 0 amide bonds. The van der Waals surface area contributed by atoms with Crippen LogP contribution in [0.1, 0.15) is 11.2 Å². The molecule has 0 aromatic carbocycles. The van der Waals surface area contributed by atoms with E-state index in [1.807, 2.05) is 0 Å². The van der Waals surface area contributed by atoms with Gasteiger partial charge in [0.25, 0.3) is 5.78 Å². The second-order valence-corrected chi connectivity index (χ2v) is 2.85. The van der Waals surface area contributed by atoms with Gasteiger partial charge in [0.1, 0.15) is 0 Å². The van der Waals surface area contributed by atoms with Crippen LogP contribution in [0.3, 0.4) is 0 Å². The van der Waals surface area contributed by atoms with Gasteiger partial charge in [-0.3, -0.25) is 0 Å². The predicted octanol–water partition coefficient (Wildman–Crippen LogP) is 1.15. The van der Waals surface area contributed by atoms with E-state index in [2.05, 4.69) is 15.1 Å². The predicted molar refractivity (Wildman–Crippen MR) is 47.3 cm³/mol. The molecule has 0 spiro atoms. The average molecular weight is 184 g/mol. The topological polar surface area (TPSA) is 43.1 Å². The Hall–Kier alpha value is -1.10. The second-order valence-electron chi connectivity index (χ2n) is 2.08. The second kappa shape index (κ2) is 2.75. The molecule has 0 aliphatic heterocycles. The molecule has 2 rings (SSSR count). The largest absolute Gasteiger partial charge is 0.253 e. The Morgan fingerprint density at radius 2 is 2.58 bits per heavy atom. The number of thioether (sulfide) groups is 1. The first-order valence-corrected chi connectivity index (χ1v) is 4.43. The van der Waals surface area contributed by atoms with Crippen molar-refractivity contribution in [3.05, 3.63) is 17.9 Å². The van der Waals surface area contributed by atoms with Crippen molar-refractivity contribution < 1.29 is 5.48 Å². The highest BCUT2D eigenvalue weighted by Gasteiger charge is 2.01.